The first kappa shape index (κ1) is 14.4. The van der Waals surface area contributed by atoms with Crippen molar-refractivity contribution in [2.24, 2.45) is 17.1 Å². The van der Waals surface area contributed by atoms with Gasteiger partial charge >= 0.3 is 0 Å². The Hall–Kier alpha value is -0.540. The molecule has 0 unspecified atom stereocenters. The Labute approximate surface area is 130 Å². The van der Waals surface area contributed by atoms with Crippen LogP contribution in [-0.2, 0) is 12.8 Å². The zero-order chi connectivity index (χ0) is 14.2. The quantitative estimate of drug-likeness (QED) is 0.901. The summed E-state index contributed by atoms with van der Waals surface area (Å²) in [5.41, 5.74) is 9.15. The molecular formula is C17H24BrNO. The highest BCUT2D eigenvalue weighted by atomic mass is 79.9. The number of rotatable bonds is 3. The van der Waals surface area contributed by atoms with Crippen molar-refractivity contribution in [1.29, 1.82) is 0 Å². The van der Waals surface area contributed by atoms with E-state index in [0.29, 0.717) is 0 Å². The Balaban J connectivity index is 1.86. The van der Waals surface area contributed by atoms with Gasteiger partial charge in [-0.05, 0) is 60.4 Å². The zero-order valence-electron chi connectivity index (χ0n) is 12.3. The number of hydrogen-bond acceptors (Lipinski definition) is 2. The SMILES string of the molecule is CC1CCC(CN)(Cc2cc(Br)cc3c2OCC3)CC1. The Morgan fingerprint density at radius 3 is 2.80 bits per heavy atom. The predicted octanol–water partition coefficient (Wildman–Crippen LogP) is 4.08. The zero-order valence-corrected chi connectivity index (χ0v) is 13.8. The van der Waals surface area contributed by atoms with E-state index in [0.717, 1.165) is 37.7 Å². The molecule has 0 atom stereocenters. The fourth-order valence-electron chi connectivity index (χ4n) is 3.71. The lowest BCUT2D eigenvalue weighted by Crippen LogP contribution is -2.36. The second-order valence-electron chi connectivity index (χ2n) is 6.72. The Morgan fingerprint density at radius 1 is 1.35 bits per heavy atom. The first-order valence-electron chi connectivity index (χ1n) is 7.76. The predicted molar refractivity (Wildman–Crippen MR) is 86.2 cm³/mol. The van der Waals surface area contributed by atoms with E-state index in [-0.39, 0.29) is 5.41 Å². The van der Waals surface area contributed by atoms with Crippen LogP contribution in [0.1, 0.15) is 43.7 Å². The first-order valence-corrected chi connectivity index (χ1v) is 8.55. The molecule has 20 heavy (non-hydrogen) atoms. The lowest BCUT2D eigenvalue weighted by molar-refractivity contribution is 0.162. The minimum Gasteiger partial charge on any atom is -0.493 e. The van der Waals surface area contributed by atoms with Gasteiger partial charge in [-0.3, -0.25) is 0 Å². The molecule has 1 fully saturated rings. The van der Waals surface area contributed by atoms with Crippen molar-refractivity contribution in [3.63, 3.8) is 0 Å². The summed E-state index contributed by atoms with van der Waals surface area (Å²) >= 11 is 3.64. The number of hydrogen-bond donors (Lipinski definition) is 1. The summed E-state index contributed by atoms with van der Waals surface area (Å²) in [6.07, 6.45) is 7.24. The minimum absolute atomic E-state index is 0.285. The molecule has 1 aromatic carbocycles. The van der Waals surface area contributed by atoms with Crippen LogP contribution in [0.15, 0.2) is 16.6 Å². The lowest BCUT2D eigenvalue weighted by atomic mass is 9.67. The molecule has 2 nitrogen and oxygen atoms in total. The fourth-order valence-corrected chi connectivity index (χ4v) is 4.26. The Bertz CT molecular complexity index is 492. The molecule has 1 heterocycles. The third kappa shape index (κ3) is 2.75. The maximum atomic E-state index is 6.16. The van der Waals surface area contributed by atoms with Gasteiger partial charge < -0.3 is 10.5 Å². The summed E-state index contributed by atoms with van der Waals surface area (Å²) in [7, 11) is 0. The molecule has 3 heteroatoms. The van der Waals surface area contributed by atoms with Crippen LogP contribution in [0.25, 0.3) is 0 Å². The van der Waals surface area contributed by atoms with Gasteiger partial charge in [-0.1, -0.05) is 35.7 Å². The number of fused-ring (bicyclic) bond motifs is 1. The summed E-state index contributed by atoms with van der Waals surface area (Å²) in [5.74, 6) is 2.00. The van der Waals surface area contributed by atoms with Crippen molar-refractivity contribution in [2.45, 2.75) is 45.4 Å². The van der Waals surface area contributed by atoms with Gasteiger partial charge in [-0.2, -0.15) is 0 Å². The molecule has 0 aromatic heterocycles. The summed E-state index contributed by atoms with van der Waals surface area (Å²) < 4.78 is 7.05. The van der Waals surface area contributed by atoms with Crippen LogP contribution in [0, 0.1) is 11.3 Å². The first-order chi connectivity index (χ1) is 9.62. The van der Waals surface area contributed by atoms with E-state index in [1.165, 1.54) is 41.3 Å². The molecule has 110 valence electrons. The standard InChI is InChI=1S/C17H24BrNO/c1-12-2-5-17(11-19,6-3-12)10-14-9-15(18)8-13-4-7-20-16(13)14/h8-9,12H,2-7,10-11,19H2,1H3. The topological polar surface area (TPSA) is 35.2 Å². The average molecular weight is 338 g/mol. The number of ether oxygens (including phenoxy) is 1. The van der Waals surface area contributed by atoms with Gasteiger partial charge in [0.1, 0.15) is 5.75 Å². The van der Waals surface area contributed by atoms with E-state index in [9.17, 15) is 0 Å². The van der Waals surface area contributed by atoms with E-state index in [2.05, 4.69) is 35.0 Å². The van der Waals surface area contributed by atoms with Crippen LogP contribution in [0.4, 0.5) is 0 Å². The molecule has 1 saturated carbocycles. The highest BCUT2D eigenvalue weighted by Gasteiger charge is 2.34. The van der Waals surface area contributed by atoms with Gasteiger partial charge in [0.05, 0.1) is 6.61 Å². The number of benzene rings is 1. The maximum Gasteiger partial charge on any atom is 0.125 e. The molecule has 1 aliphatic heterocycles. The molecule has 3 rings (SSSR count). The molecule has 0 radical (unpaired) electrons. The van der Waals surface area contributed by atoms with Crippen LogP contribution in [0.5, 0.6) is 5.75 Å². The van der Waals surface area contributed by atoms with E-state index in [1.807, 2.05) is 0 Å². The fraction of sp³-hybridized carbons (Fsp3) is 0.647. The van der Waals surface area contributed by atoms with Crippen molar-refractivity contribution in [3.05, 3.63) is 27.7 Å². The minimum atomic E-state index is 0.285. The largest absolute Gasteiger partial charge is 0.493 e. The molecule has 0 bridgehead atoms. The maximum absolute atomic E-state index is 6.16. The van der Waals surface area contributed by atoms with Crippen LogP contribution in [-0.4, -0.2) is 13.2 Å². The van der Waals surface area contributed by atoms with Gasteiger partial charge in [-0.15, -0.1) is 0 Å². The van der Waals surface area contributed by atoms with Crippen molar-refractivity contribution in [3.8, 4) is 5.75 Å². The van der Waals surface area contributed by atoms with Crippen LogP contribution >= 0.6 is 15.9 Å². The van der Waals surface area contributed by atoms with Crippen molar-refractivity contribution in [1.82, 2.24) is 0 Å². The van der Waals surface area contributed by atoms with Gasteiger partial charge in [0.2, 0.25) is 0 Å². The van der Waals surface area contributed by atoms with Crippen molar-refractivity contribution in [2.75, 3.05) is 13.2 Å². The smallest absolute Gasteiger partial charge is 0.125 e. The van der Waals surface area contributed by atoms with E-state index < -0.39 is 0 Å². The van der Waals surface area contributed by atoms with Crippen LogP contribution in [0.2, 0.25) is 0 Å². The molecule has 2 N–H and O–H groups in total. The van der Waals surface area contributed by atoms with Crippen molar-refractivity contribution >= 4 is 15.9 Å². The van der Waals surface area contributed by atoms with Gasteiger partial charge in [0, 0.05) is 10.9 Å². The molecule has 1 aromatic rings. The molecule has 1 aliphatic carbocycles. The van der Waals surface area contributed by atoms with E-state index >= 15 is 0 Å². The average Bonchev–Trinajstić information content (AvgIpc) is 2.90. The summed E-state index contributed by atoms with van der Waals surface area (Å²) in [6.45, 7) is 3.98. The molecule has 0 spiro atoms. The van der Waals surface area contributed by atoms with E-state index in [1.54, 1.807) is 0 Å². The number of nitrogens with two attached hydrogens (primary N) is 1. The molecule has 0 saturated heterocycles. The highest BCUT2D eigenvalue weighted by Crippen LogP contribution is 2.44. The Kier molecular flexibility index (Phi) is 4.09. The van der Waals surface area contributed by atoms with Crippen LogP contribution in [0.3, 0.4) is 0 Å². The summed E-state index contributed by atoms with van der Waals surface area (Å²) in [6, 6.07) is 4.43. The summed E-state index contributed by atoms with van der Waals surface area (Å²) in [5, 5.41) is 0. The van der Waals surface area contributed by atoms with Crippen LogP contribution < -0.4 is 10.5 Å². The van der Waals surface area contributed by atoms with Gasteiger partial charge in [0.15, 0.2) is 0 Å². The molecule has 0 amide bonds. The lowest BCUT2D eigenvalue weighted by Gasteiger charge is -2.39. The normalized spacial score (nSPS) is 29.1. The van der Waals surface area contributed by atoms with Gasteiger partial charge in [0.25, 0.3) is 0 Å². The monoisotopic (exact) mass is 337 g/mol. The second-order valence-corrected chi connectivity index (χ2v) is 7.63. The molecule has 2 aliphatic rings. The highest BCUT2D eigenvalue weighted by molar-refractivity contribution is 9.10. The second kappa shape index (κ2) is 5.69. The summed E-state index contributed by atoms with van der Waals surface area (Å²) in [4.78, 5) is 0. The number of halogens is 1. The molecular weight excluding hydrogens is 314 g/mol. The van der Waals surface area contributed by atoms with E-state index in [4.69, 9.17) is 10.5 Å². The Morgan fingerprint density at radius 2 is 2.10 bits per heavy atom. The van der Waals surface area contributed by atoms with Crippen molar-refractivity contribution < 1.29 is 4.74 Å². The van der Waals surface area contributed by atoms with Gasteiger partial charge in [-0.25, -0.2) is 0 Å². The third-order valence-electron chi connectivity index (χ3n) is 5.16. The third-order valence-corrected chi connectivity index (χ3v) is 5.62.